The van der Waals surface area contributed by atoms with Crippen LogP contribution in [-0.4, -0.2) is 33.9 Å². The third kappa shape index (κ3) is 3.61. The first kappa shape index (κ1) is 19.9. The summed E-state index contributed by atoms with van der Waals surface area (Å²) in [6, 6.07) is 14.2. The zero-order valence-electron chi connectivity index (χ0n) is 16.7. The van der Waals surface area contributed by atoms with Crippen molar-refractivity contribution in [3.05, 3.63) is 58.3 Å². The fourth-order valence-corrected chi connectivity index (χ4v) is 5.67. The second-order valence-corrected chi connectivity index (χ2v) is 8.89. The molecule has 28 heavy (non-hydrogen) atoms. The van der Waals surface area contributed by atoms with Gasteiger partial charge in [0.2, 0.25) is 0 Å². The molecular formula is C24H29IN2O. The molecular weight excluding hydrogens is 459 g/mol. The van der Waals surface area contributed by atoms with E-state index in [-0.39, 0.29) is 5.92 Å². The molecule has 2 fully saturated rings. The van der Waals surface area contributed by atoms with Crippen molar-refractivity contribution in [1.29, 1.82) is 0 Å². The Morgan fingerprint density at radius 1 is 1.21 bits per heavy atom. The van der Waals surface area contributed by atoms with Crippen LogP contribution in [-0.2, 0) is 11.8 Å². The maximum atomic E-state index is 13.0. The van der Waals surface area contributed by atoms with E-state index in [1.807, 2.05) is 6.92 Å². The lowest BCUT2D eigenvalue weighted by Crippen LogP contribution is -2.50. The van der Waals surface area contributed by atoms with E-state index < -0.39 is 0 Å². The monoisotopic (exact) mass is 488 g/mol. The van der Waals surface area contributed by atoms with Gasteiger partial charge in [-0.2, -0.15) is 0 Å². The van der Waals surface area contributed by atoms with Crippen LogP contribution in [0.4, 0.5) is 0 Å². The number of ketones is 1. The standard InChI is InChI=1S/C24H29IN2O/c1-3-23(28)24-20(16-19-11-12-22(24)27(19)15-5-13-25)17-7-9-18(10-8-17)21-6-4-14-26(21)2/h4-10,13-14,19-20,22,24H,3,11-12,15-16H2,1-2H3/b13-5+. The van der Waals surface area contributed by atoms with Gasteiger partial charge in [0.15, 0.2) is 0 Å². The Hall–Kier alpha value is -1.40. The molecule has 3 heterocycles. The number of carbonyl (C=O) groups excluding carboxylic acids is 1. The van der Waals surface area contributed by atoms with E-state index in [0.717, 1.165) is 19.4 Å². The van der Waals surface area contributed by atoms with E-state index in [9.17, 15) is 4.79 Å². The molecule has 3 nitrogen and oxygen atoms in total. The molecule has 0 spiro atoms. The lowest BCUT2D eigenvalue weighted by molar-refractivity contribution is -0.127. The van der Waals surface area contributed by atoms with E-state index in [0.29, 0.717) is 30.2 Å². The van der Waals surface area contributed by atoms with Crippen LogP contribution in [0.1, 0.15) is 44.1 Å². The molecule has 2 aliphatic heterocycles. The average Bonchev–Trinajstić information content (AvgIpc) is 3.26. The fraction of sp³-hybridized carbons (Fsp3) is 0.458. The number of hydrogen-bond donors (Lipinski definition) is 0. The van der Waals surface area contributed by atoms with Gasteiger partial charge in [0.05, 0.1) is 0 Å². The third-order valence-corrected chi connectivity index (χ3v) is 7.28. The number of benzene rings is 1. The van der Waals surface area contributed by atoms with Crippen molar-refractivity contribution in [2.75, 3.05) is 6.54 Å². The minimum absolute atomic E-state index is 0.132. The number of fused-ring (bicyclic) bond motifs is 2. The molecule has 2 saturated heterocycles. The molecule has 0 N–H and O–H groups in total. The van der Waals surface area contributed by atoms with Crippen LogP contribution in [0.2, 0.25) is 0 Å². The van der Waals surface area contributed by atoms with Gasteiger partial charge in [-0.1, -0.05) is 59.9 Å². The molecule has 4 rings (SSSR count). The number of aromatic nitrogens is 1. The van der Waals surface area contributed by atoms with Crippen molar-refractivity contribution >= 4 is 28.4 Å². The highest BCUT2D eigenvalue weighted by atomic mass is 127. The van der Waals surface area contributed by atoms with E-state index in [1.54, 1.807) is 0 Å². The Morgan fingerprint density at radius 2 is 2.00 bits per heavy atom. The number of hydrogen-bond acceptors (Lipinski definition) is 2. The summed E-state index contributed by atoms with van der Waals surface area (Å²) < 4.78 is 4.25. The first-order valence-electron chi connectivity index (χ1n) is 10.4. The summed E-state index contributed by atoms with van der Waals surface area (Å²) in [7, 11) is 2.08. The van der Waals surface area contributed by atoms with Gasteiger partial charge in [0.25, 0.3) is 0 Å². The Kier molecular flexibility index (Phi) is 6.07. The largest absolute Gasteiger partial charge is 0.351 e. The van der Waals surface area contributed by atoms with E-state index >= 15 is 0 Å². The van der Waals surface area contributed by atoms with Crippen molar-refractivity contribution in [2.45, 2.75) is 50.6 Å². The normalized spacial score (nSPS) is 27.5. The fourth-order valence-electron chi connectivity index (χ4n) is 5.44. The number of aryl methyl sites for hydroxylation is 1. The summed E-state index contributed by atoms with van der Waals surface area (Å²) in [6.07, 6.45) is 8.44. The number of Topliss-reactive ketones (excluding diaryl/α,β-unsaturated/α-hetero) is 1. The first-order chi connectivity index (χ1) is 13.6. The number of carbonyl (C=O) groups is 1. The molecule has 0 amide bonds. The Bertz CT molecular complexity index is 854. The predicted molar refractivity (Wildman–Crippen MR) is 124 cm³/mol. The van der Waals surface area contributed by atoms with Crippen LogP contribution in [0.5, 0.6) is 0 Å². The molecule has 1 aromatic heterocycles. The molecule has 2 bridgehead atoms. The van der Waals surface area contributed by atoms with Crippen molar-refractivity contribution in [3.63, 3.8) is 0 Å². The summed E-state index contributed by atoms with van der Waals surface area (Å²) in [5.74, 6) is 0.921. The zero-order valence-corrected chi connectivity index (χ0v) is 18.9. The lowest BCUT2D eigenvalue weighted by atomic mass is 9.73. The van der Waals surface area contributed by atoms with Crippen molar-refractivity contribution in [1.82, 2.24) is 9.47 Å². The van der Waals surface area contributed by atoms with Gasteiger partial charge in [0.1, 0.15) is 5.78 Å². The highest BCUT2D eigenvalue weighted by molar-refractivity contribution is 14.1. The molecule has 4 heteroatoms. The van der Waals surface area contributed by atoms with Crippen molar-refractivity contribution in [2.24, 2.45) is 13.0 Å². The summed E-state index contributed by atoms with van der Waals surface area (Å²) in [5, 5.41) is 0. The summed E-state index contributed by atoms with van der Waals surface area (Å²) in [4.78, 5) is 15.6. The van der Waals surface area contributed by atoms with Gasteiger partial charge in [-0.3, -0.25) is 9.69 Å². The smallest absolute Gasteiger partial charge is 0.137 e. The Morgan fingerprint density at radius 3 is 2.64 bits per heavy atom. The Balaban J connectivity index is 1.63. The molecule has 2 aliphatic rings. The summed E-state index contributed by atoms with van der Waals surface area (Å²) in [5.41, 5.74) is 3.81. The topological polar surface area (TPSA) is 25.2 Å². The van der Waals surface area contributed by atoms with Crippen LogP contribution in [0.15, 0.2) is 52.8 Å². The van der Waals surface area contributed by atoms with Crippen LogP contribution < -0.4 is 0 Å². The second-order valence-electron chi connectivity index (χ2n) is 8.17. The van der Waals surface area contributed by atoms with E-state index in [2.05, 4.69) is 91.9 Å². The molecule has 4 unspecified atom stereocenters. The van der Waals surface area contributed by atoms with Gasteiger partial charge in [-0.25, -0.2) is 0 Å². The summed E-state index contributed by atoms with van der Waals surface area (Å²) >= 11 is 2.29. The Labute approximate surface area is 181 Å². The first-order valence-corrected chi connectivity index (χ1v) is 11.6. The maximum absolute atomic E-state index is 13.0. The predicted octanol–water partition coefficient (Wildman–Crippen LogP) is 5.56. The van der Waals surface area contributed by atoms with Gasteiger partial charge in [-0.05, 0) is 52.5 Å². The average molecular weight is 488 g/mol. The zero-order chi connectivity index (χ0) is 19.7. The molecule has 4 atom stereocenters. The number of nitrogens with zero attached hydrogens (tertiary/aromatic N) is 2. The third-order valence-electron chi connectivity index (χ3n) is 6.77. The number of halogens is 1. The lowest BCUT2D eigenvalue weighted by Gasteiger charge is -2.44. The van der Waals surface area contributed by atoms with Crippen molar-refractivity contribution in [3.8, 4) is 11.3 Å². The highest BCUT2D eigenvalue weighted by Crippen LogP contribution is 2.47. The molecule has 0 radical (unpaired) electrons. The van der Waals surface area contributed by atoms with E-state index in [4.69, 9.17) is 0 Å². The van der Waals surface area contributed by atoms with Crippen molar-refractivity contribution < 1.29 is 4.79 Å². The molecule has 0 aliphatic carbocycles. The molecule has 2 aromatic rings. The SMILES string of the molecule is CCC(=O)C1C(c2ccc(-c3cccn3C)cc2)CC2CCC1N2C/C=C/I. The molecule has 148 valence electrons. The minimum Gasteiger partial charge on any atom is -0.351 e. The van der Waals surface area contributed by atoms with Crippen LogP contribution in [0.3, 0.4) is 0 Å². The van der Waals surface area contributed by atoms with Crippen LogP contribution >= 0.6 is 22.6 Å². The molecule has 1 aromatic carbocycles. The number of rotatable bonds is 6. The van der Waals surface area contributed by atoms with Gasteiger partial charge in [0, 0.05) is 49.9 Å². The molecule has 0 saturated carbocycles. The van der Waals surface area contributed by atoms with Gasteiger partial charge in [-0.15, -0.1) is 0 Å². The highest BCUT2D eigenvalue weighted by Gasteiger charge is 2.49. The summed E-state index contributed by atoms with van der Waals surface area (Å²) in [6.45, 7) is 3.00. The van der Waals surface area contributed by atoms with Crippen LogP contribution in [0, 0.1) is 5.92 Å². The number of piperidine rings is 1. The van der Waals surface area contributed by atoms with Crippen LogP contribution in [0.25, 0.3) is 11.3 Å². The van der Waals surface area contributed by atoms with E-state index in [1.165, 1.54) is 23.2 Å². The maximum Gasteiger partial charge on any atom is 0.137 e. The second kappa shape index (κ2) is 8.54. The van der Waals surface area contributed by atoms with Gasteiger partial charge < -0.3 is 4.57 Å². The van der Waals surface area contributed by atoms with Gasteiger partial charge >= 0.3 is 0 Å². The quantitative estimate of drug-likeness (QED) is 0.498. The minimum atomic E-state index is 0.132.